The smallest absolute Gasteiger partial charge is 0.255 e. The molecule has 1 N–H and O–H groups in total. The summed E-state index contributed by atoms with van der Waals surface area (Å²) in [5, 5.41) is 10.6. The molecule has 2 aromatic heterocycles. The lowest BCUT2D eigenvalue weighted by molar-refractivity contribution is 0.102. The van der Waals surface area contributed by atoms with Crippen molar-refractivity contribution in [2.24, 2.45) is 0 Å². The standard InChI is InChI=1S/C15H12F2N4O/c1-2-13-19-20-14-12(4-3-5-21(13)14)18-15(22)9-6-10(16)8-11(17)7-9/h3-8H,2H2,1H3,(H,18,22). The van der Waals surface area contributed by atoms with Crippen molar-refractivity contribution in [1.82, 2.24) is 14.6 Å². The van der Waals surface area contributed by atoms with Gasteiger partial charge >= 0.3 is 0 Å². The maximum absolute atomic E-state index is 13.2. The van der Waals surface area contributed by atoms with Crippen molar-refractivity contribution in [3.05, 3.63) is 59.6 Å². The van der Waals surface area contributed by atoms with Crippen LogP contribution in [-0.4, -0.2) is 20.5 Å². The third kappa shape index (κ3) is 2.52. The second-order valence-electron chi connectivity index (χ2n) is 4.70. The first kappa shape index (κ1) is 14.1. The zero-order valence-corrected chi connectivity index (χ0v) is 11.7. The Morgan fingerprint density at radius 1 is 1.23 bits per heavy atom. The van der Waals surface area contributed by atoms with E-state index in [-0.39, 0.29) is 5.56 Å². The summed E-state index contributed by atoms with van der Waals surface area (Å²) in [6, 6.07) is 6.04. The predicted molar refractivity (Wildman–Crippen MR) is 76.7 cm³/mol. The SMILES string of the molecule is CCc1nnc2c(NC(=O)c3cc(F)cc(F)c3)cccn12. The molecule has 0 aliphatic rings. The molecule has 3 rings (SSSR count). The quantitative estimate of drug-likeness (QED) is 0.809. The van der Waals surface area contributed by atoms with E-state index in [4.69, 9.17) is 0 Å². The molecule has 0 radical (unpaired) electrons. The summed E-state index contributed by atoms with van der Waals surface area (Å²) in [5.74, 6) is -1.48. The first-order valence-electron chi connectivity index (χ1n) is 6.68. The fraction of sp³-hybridized carbons (Fsp3) is 0.133. The molecule has 22 heavy (non-hydrogen) atoms. The molecule has 1 amide bonds. The van der Waals surface area contributed by atoms with Crippen LogP contribution in [0.4, 0.5) is 14.5 Å². The first-order valence-corrected chi connectivity index (χ1v) is 6.68. The van der Waals surface area contributed by atoms with E-state index in [0.29, 0.717) is 23.8 Å². The van der Waals surface area contributed by atoms with E-state index >= 15 is 0 Å². The van der Waals surface area contributed by atoms with Crippen molar-refractivity contribution >= 4 is 17.2 Å². The number of halogens is 2. The van der Waals surface area contributed by atoms with Crippen molar-refractivity contribution in [2.45, 2.75) is 13.3 Å². The monoisotopic (exact) mass is 302 g/mol. The number of hydrogen-bond donors (Lipinski definition) is 1. The topological polar surface area (TPSA) is 59.3 Å². The Kier molecular flexibility index (Phi) is 3.54. The van der Waals surface area contributed by atoms with Crippen molar-refractivity contribution < 1.29 is 13.6 Å². The van der Waals surface area contributed by atoms with E-state index in [9.17, 15) is 13.6 Å². The van der Waals surface area contributed by atoms with Crippen LogP contribution in [0.15, 0.2) is 36.5 Å². The number of hydrogen-bond acceptors (Lipinski definition) is 3. The molecular formula is C15H12F2N4O. The molecule has 0 aliphatic heterocycles. The Bertz CT molecular complexity index is 840. The summed E-state index contributed by atoms with van der Waals surface area (Å²) in [6.45, 7) is 1.94. The van der Waals surface area contributed by atoms with E-state index < -0.39 is 17.5 Å². The molecule has 0 spiro atoms. The number of amides is 1. The minimum atomic E-state index is -0.806. The van der Waals surface area contributed by atoms with Gasteiger partial charge < -0.3 is 5.32 Å². The van der Waals surface area contributed by atoms with Gasteiger partial charge in [-0.25, -0.2) is 8.78 Å². The number of nitrogens with one attached hydrogen (secondary N) is 1. The number of pyridine rings is 1. The molecule has 7 heteroatoms. The van der Waals surface area contributed by atoms with Gasteiger partial charge in [0.25, 0.3) is 5.91 Å². The molecule has 0 atom stereocenters. The Morgan fingerprint density at radius 2 is 1.95 bits per heavy atom. The third-order valence-corrected chi connectivity index (χ3v) is 3.19. The lowest BCUT2D eigenvalue weighted by Gasteiger charge is -2.07. The van der Waals surface area contributed by atoms with Crippen LogP contribution in [0, 0.1) is 11.6 Å². The van der Waals surface area contributed by atoms with Gasteiger partial charge in [-0.2, -0.15) is 0 Å². The van der Waals surface area contributed by atoms with Crippen molar-refractivity contribution in [2.75, 3.05) is 5.32 Å². The van der Waals surface area contributed by atoms with Crippen LogP contribution in [-0.2, 0) is 6.42 Å². The van der Waals surface area contributed by atoms with E-state index in [1.54, 1.807) is 22.7 Å². The predicted octanol–water partition coefficient (Wildman–Crippen LogP) is 2.82. The van der Waals surface area contributed by atoms with E-state index in [0.717, 1.165) is 18.0 Å². The summed E-state index contributed by atoms with van der Waals surface area (Å²) >= 11 is 0. The number of rotatable bonds is 3. The molecule has 3 aromatic rings. The molecule has 112 valence electrons. The fourth-order valence-electron chi connectivity index (χ4n) is 2.18. The van der Waals surface area contributed by atoms with Crippen LogP contribution in [0.25, 0.3) is 5.65 Å². The van der Waals surface area contributed by atoms with Gasteiger partial charge in [-0.1, -0.05) is 6.92 Å². The summed E-state index contributed by atoms with van der Waals surface area (Å²) in [5.41, 5.74) is 0.795. The van der Waals surface area contributed by atoms with Gasteiger partial charge in [0.05, 0.1) is 5.69 Å². The van der Waals surface area contributed by atoms with Gasteiger partial charge in [0.15, 0.2) is 5.65 Å². The number of carbonyl (C=O) groups excluding carboxylic acids is 1. The second kappa shape index (κ2) is 5.51. The molecule has 2 heterocycles. The van der Waals surface area contributed by atoms with Gasteiger partial charge in [-0.15, -0.1) is 10.2 Å². The maximum atomic E-state index is 13.2. The number of aryl methyl sites for hydroxylation is 1. The van der Waals surface area contributed by atoms with Gasteiger partial charge in [0.1, 0.15) is 17.5 Å². The number of benzene rings is 1. The van der Waals surface area contributed by atoms with Crippen LogP contribution in [0.1, 0.15) is 23.1 Å². The van der Waals surface area contributed by atoms with E-state index in [2.05, 4.69) is 15.5 Å². The Morgan fingerprint density at radius 3 is 2.64 bits per heavy atom. The van der Waals surface area contributed by atoms with E-state index in [1.807, 2.05) is 6.92 Å². The highest BCUT2D eigenvalue weighted by Crippen LogP contribution is 2.17. The Hall–Kier alpha value is -2.83. The zero-order valence-electron chi connectivity index (χ0n) is 11.7. The number of fused-ring (bicyclic) bond motifs is 1. The fourth-order valence-corrected chi connectivity index (χ4v) is 2.18. The Balaban J connectivity index is 1.96. The molecule has 0 aliphatic carbocycles. The molecule has 5 nitrogen and oxygen atoms in total. The average molecular weight is 302 g/mol. The summed E-state index contributed by atoms with van der Waals surface area (Å²) in [6.07, 6.45) is 2.47. The third-order valence-electron chi connectivity index (χ3n) is 3.19. The number of nitrogens with zero attached hydrogens (tertiary/aromatic N) is 3. The van der Waals surface area contributed by atoms with Crippen LogP contribution in [0.5, 0.6) is 0 Å². The van der Waals surface area contributed by atoms with Crippen molar-refractivity contribution in [1.29, 1.82) is 0 Å². The lowest BCUT2D eigenvalue weighted by Crippen LogP contribution is -2.13. The molecule has 1 aromatic carbocycles. The second-order valence-corrected chi connectivity index (χ2v) is 4.70. The highest BCUT2D eigenvalue weighted by Gasteiger charge is 2.13. The molecule has 0 unspecified atom stereocenters. The summed E-state index contributed by atoms with van der Waals surface area (Å²) in [7, 11) is 0. The minimum absolute atomic E-state index is 0.102. The van der Waals surface area contributed by atoms with Gasteiger partial charge in [-0.05, 0) is 24.3 Å². The minimum Gasteiger partial charge on any atom is -0.319 e. The zero-order chi connectivity index (χ0) is 15.7. The molecular weight excluding hydrogens is 290 g/mol. The summed E-state index contributed by atoms with van der Waals surface area (Å²) < 4.78 is 28.1. The Labute approximate surface area is 124 Å². The average Bonchev–Trinajstić information content (AvgIpc) is 2.90. The largest absolute Gasteiger partial charge is 0.319 e. The molecule has 0 saturated carbocycles. The maximum Gasteiger partial charge on any atom is 0.255 e. The van der Waals surface area contributed by atoms with Crippen molar-refractivity contribution in [3.8, 4) is 0 Å². The van der Waals surface area contributed by atoms with Crippen LogP contribution >= 0.6 is 0 Å². The molecule has 0 saturated heterocycles. The van der Waals surface area contributed by atoms with E-state index in [1.165, 1.54) is 0 Å². The number of anilines is 1. The highest BCUT2D eigenvalue weighted by molar-refractivity contribution is 6.05. The molecule has 0 bridgehead atoms. The van der Waals surface area contributed by atoms with Crippen molar-refractivity contribution in [3.63, 3.8) is 0 Å². The van der Waals surface area contributed by atoms with Gasteiger partial charge in [-0.3, -0.25) is 9.20 Å². The highest BCUT2D eigenvalue weighted by atomic mass is 19.1. The number of carbonyl (C=O) groups is 1. The van der Waals surface area contributed by atoms with Gasteiger partial charge in [0.2, 0.25) is 0 Å². The lowest BCUT2D eigenvalue weighted by atomic mass is 10.2. The normalized spacial score (nSPS) is 10.9. The van der Waals surface area contributed by atoms with Gasteiger partial charge in [0, 0.05) is 24.2 Å². The van der Waals surface area contributed by atoms with Crippen LogP contribution < -0.4 is 5.32 Å². The number of aromatic nitrogens is 3. The molecule has 0 fully saturated rings. The van der Waals surface area contributed by atoms with Crippen LogP contribution in [0.2, 0.25) is 0 Å². The first-order chi connectivity index (χ1) is 10.6. The van der Waals surface area contributed by atoms with Crippen LogP contribution in [0.3, 0.4) is 0 Å². The summed E-state index contributed by atoms with van der Waals surface area (Å²) in [4.78, 5) is 12.1.